The molecule has 0 amide bonds. The van der Waals surface area contributed by atoms with E-state index in [0.717, 1.165) is 16.7 Å². The standard InChI is InChI=1S/C32H31N3O5/c36-28-29(25-19-39-31-27(25)34-21-35-32(31)33-16-22-10-4-1-5-11-22)40-26(20-37-17-23-12-6-2-7-13-23)30(28)38-18-24-14-8-3-9-15-24/h1-15,19,21,26,28-30,36H,16-18,20H2,(H,33,34,35)/t26-,28+,29+,30-/m1/s1. The second-order valence-corrected chi connectivity index (χ2v) is 9.78. The van der Waals surface area contributed by atoms with Gasteiger partial charge in [-0.05, 0) is 16.7 Å². The summed E-state index contributed by atoms with van der Waals surface area (Å²) in [7, 11) is 0. The third-order valence-corrected chi connectivity index (χ3v) is 7.00. The van der Waals surface area contributed by atoms with Crippen LogP contribution in [0.5, 0.6) is 0 Å². The molecule has 0 spiro atoms. The first kappa shape index (κ1) is 26.2. The number of hydrogen-bond donors (Lipinski definition) is 2. The van der Waals surface area contributed by atoms with Crippen molar-refractivity contribution >= 4 is 16.9 Å². The Hall–Kier alpha value is -4.08. The van der Waals surface area contributed by atoms with E-state index in [1.54, 1.807) is 6.26 Å². The highest BCUT2D eigenvalue weighted by molar-refractivity contribution is 5.86. The smallest absolute Gasteiger partial charge is 0.194 e. The summed E-state index contributed by atoms with van der Waals surface area (Å²) in [6.07, 6.45) is 0.315. The van der Waals surface area contributed by atoms with Crippen LogP contribution in [0.2, 0.25) is 0 Å². The van der Waals surface area contributed by atoms with Crippen LogP contribution in [0, 0.1) is 0 Å². The SMILES string of the molecule is O[C@@H]1[C@H](OCc2ccccc2)[C@@H](COCc2ccccc2)O[C@H]1c1coc2c(NCc3ccccc3)ncnc12. The normalized spacial score (nSPS) is 20.6. The molecular weight excluding hydrogens is 506 g/mol. The molecule has 2 aromatic heterocycles. The van der Waals surface area contributed by atoms with Crippen LogP contribution in [0.15, 0.2) is 108 Å². The number of nitrogens with zero attached hydrogens (tertiary/aromatic N) is 2. The van der Waals surface area contributed by atoms with E-state index < -0.39 is 24.4 Å². The first-order chi connectivity index (χ1) is 19.8. The summed E-state index contributed by atoms with van der Waals surface area (Å²) >= 11 is 0. The highest BCUT2D eigenvalue weighted by Gasteiger charge is 2.46. The summed E-state index contributed by atoms with van der Waals surface area (Å²) in [6.45, 7) is 1.62. The summed E-state index contributed by atoms with van der Waals surface area (Å²) < 4.78 is 24.6. The van der Waals surface area contributed by atoms with Gasteiger partial charge < -0.3 is 29.1 Å². The van der Waals surface area contributed by atoms with E-state index in [9.17, 15) is 5.11 Å². The second-order valence-electron chi connectivity index (χ2n) is 9.78. The molecule has 0 saturated carbocycles. The number of aliphatic hydroxyl groups excluding tert-OH is 1. The van der Waals surface area contributed by atoms with Gasteiger partial charge in [-0.1, -0.05) is 91.0 Å². The van der Waals surface area contributed by atoms with Crippen molar-refractivity contribution in [2.75, 3.05) is 11.9 Å². The summed E-state index contributed by atoms with van der Waals surface area (Å²) in [4.78, 5) is 8.85. The number of aromatic nitrogens is 2. The van der Waals surface area contributed by atoms with Crippen LogP contribution in [-0.4, -0.2) is 40.0 Å². The predicted molar refractivity (Wildman–Crippen MR) is 150 cm³/mol. The number of nitrogens with one attached hydrogen (secondary N) is 1. The number of benzene rings is 3. The van der Waals surface area contributed by atoms with Crippen molar-refractivity contribution in [1.29, 1.82) is 0 Å². The van der Waals surface area contributed by atoms with E-state index in [-0.39, 0.29) is 6.61 Å². The number of fused-ring (bicyclic) bond motifs is 1. The van der Waals surface area contributed by atoms with E-state index >= 15 is 0 Å². The Bertz CT molecular complexity index is 1500. The maximum Gasteiger partial charge on any atom is 0.194 e. The summed E-state index contributed by atoms with van der Waals surface area (Å²) in [6, 6.07) is 29.9. The van der Waals surface area contributed by atoms with Gasteiger partial charge in [0, 0.05) is 12.1 Å². The molecular formula is C32H31N3O5. The van der Waals surface area contributed by atoms with Gasteiger partial charge in [0.15, 0.2) is 11.4 Å². The number of aliphatic hydroxyl groups is 1. The molecule has 1 fully saturated rings. The zero-order chi connectivity index (χ0) is 27.1. The monoisotopic (exact) mass is 537 g/mol. The maximum atomic E-state index is 11.5. The van der Waals surface area contributed by atoms with Crippen LogP contribution in [0.25, 0.3) is 11.1 Å². The van der Waals surface area contributed by atoms with E-state index in [1.807, 2.05) is 91.0 Å². The van der Waals surface area contributed by atoms with Gasteiger partial charge in [-0.2, -0.15) is 0 Å². The van der Waals surface area contributed by atoms with Gasteiger partial charge in [0.2, 0.25) is 0 Å². The van der Waals surface area contributed by atoms with Crippen molar-refractivity contribution in [3.63, 3.8) is 0 Å². The average molecular weight is 538 g/mol. The highest BCUT2D eigenvalue weighted by Crippen LogP contribution is 2.40. The van der Waals surface area contributed by atoms with Crippen LogP contribution in [0.3, 0.4) is 0 Å². The lowest BCUT2D eigenvalue weighted by molar-refractivity contribution is -0.0769. The minimum Gasteiger partial charge on any atom is -0.458 e. The molecule has 1 saturated heterocycles. The van der Waals surface area contributed by atoms with Crippen molar-refractivity contribution < 1.29 is 23.7 Å². The first-order valence-electron chi connectivity index (χ1n) is 13.4. The Labute approximate surface area is 232 Å². The topological polar surface area (TPSA) is 98.9 Å². The molecule has 5 aromatic rings. The summed E-state index contributed by atoms with van der Waals surface area (Å²) in [5.41, 5.74) is 4.93. The van der Waals surface area contributed by atoms with Crippen molar-refractivity contribution in [1.82, 2.24) is 9.97 Å². The van der Waals surface area contributed by atoms with Crippen molar-refractivity contribution in [3.8, 4) is 0 Å². The largest absolute Gasteiger partial charge is 0.458 e. The number of hydrogen-bond acceptors (Lipinski definition) is 8. The van der Waals surface area contributed by atoms with Crippen molar-refractivity contribution in [2.24, 2.45) is 0 Å². The minimum atomic E-state index is -0.953. The lowest BCUT2D eigenvalue weighted by Gasteiger charge is -2.21. The van der Waals surface area contributed by atoms with E-state index in [2.05, 4.69) is 15.3 Å². The number of ether oxygens (including phenoxy) is 3. The second kappa shape index (κ2) is 12.4. The lowest BCUT2D eigenvalue weighted by Crippen LogP contribution is -2.36. The number of rotatable bonds is 11. The lowest BCUT2D eigenvalue weighted by atomic mass is 10.0. The molecule has 40 heavy (non-hydrogen) atoms. The van der Waals surface area contributed by atoms with Crippen LogP contribution in [-0.2, 0) is 34.0 Å². The minimum absolute atomic E-state index is 0.260. The molecule has 1 aliphatic heterocycles. The van der Waals surface area contributed by atoms with Crippen LogP contribution in [0.4, 0.5) is 5.82 Å². The Morgan fingerprint density at radius 2 is 1.45 bits per heavy atom. The van der Waals surface area contributed by atoms with Crippen LogP contribution >= 0.6 is 0 Å². The van der Waals surface area contributed by atoms with Gasteiger partial charge in [0.1, 0.15) is 36.3 Å². The molecule has 0 bridgehead atoms. The molecule has 0 aliphatic carbocycles. The van der Waals surface area contributed by atoms with E-state index in [1.165, 1.54) is 6.33 Å². The molecule has 1 aliphatic rings. The van der Waals surface area contributed by atoms with Crippen molar-refractivity contribution in [3.05, 3.63) is 126 Å². The number of furan rings is 1. The molecule has 0 unspecified atom stereocenters. The van der Waals surface area contributed by atoms with Crippen molar-refractivity contribution in [2.45, 2.75) is 44.2 Å². The number of anilines is 1. The molecule has 3 aromatic carbocycles. The van der Waals surface area contributed by atoms with Gasteiger partial charge in [-0.15, -0.1) is 0 Å². The fourth-order valence-corrected chi connectivity index (χ4v) is 4.95. The molecule has 204 valence electrons. The Kier molecular flexibility index (Phi) is 8.11. The van der Waals surface area contributed by atoms with Gasteiger partial charge in [0.05, 0.1) is 26.1 Å². The third kappa shape index (κ3) is 5.90. The average Bonchev–Trinajstić information content (AvgIpc) is 3.57. The molecule has 8 nitrogen and oxygen atoms in total. The van der Waals surface area contributed by atoms with Gasteiger partial charge in [-0.25, -0.2) is 9.97 Å². The van der Waals surface area contributed by atoms with Gasteiger partial charge >= 0.3 is 0 Å². The molecule has 4 atom stereocenters. The zero-order valence-electron chi connectivity index (χ0n) is 21.9. The summed E-state index contributed by atoms with van der Waals surface area (Å²) in [5, 5.41) is 14.8. The fraction of sp³-hybridized carbons (Fsp3) is 0.250. The Balaban J connectivity index is 1.20. The predicted octanol–water partition coefficient (Wildman–Crippen LogP) is 5.44. The molecule has 8 heteroatoms. The Morgan fingerprint density at radius 1 is 0.800 bits per heavy atom. The van der Waals surface area contributed by atoms with Gasteiger partial charge in [-0.3, -0.25) is 0 Å². The molecule has 2 N–H and O–H groups in total. The third-order valence-electron chi connectivity index (χ3n) is 7.00. The maximum absolute atomic E-state index is 11.5. The Morgan fingerprint density at radius 3 is 2.15 bits per heavy atom. The zero-order valence-corrected chi connectivity index (χ0v) is 21.9. The summed E-state index contributed by atoms with van der Waals surface area (Å²) in [5.74, 6) is 0.576. The van der Waals surface area contributed by atoms with Gasteiger partial charge in [0.25, 0.3) is 0 Å². The fourth-order valence-electron chi connectivity index (χ4n) is 4.95. The quantitative estimate of drug-likeness (QED) is 0.230. The molecule has 0 radical (unpaired) electrons. The first-order valence-corrected chi connectivity index (χ1v) is 13.4. The molecule has 3 heterocycles. The van der Waals surface area contributed by atoms with Crippen LogP contribution < -0.4 is 5.32 Å². The van der Waals surface area contributed by atoms with Crippen LogP contribution in [0.1, 0.15) is 28.4 Å². The van der Waals surface area contributed by atoms with E-state index in [4.69, 9.17) is 18.6 Å². The molecule has 6 rings (SSSR count). The van der Waals surface area contributed by atoms with E-state index in [0.29, 0.717) is 42.2 Å². The highest BCUT2D eigenvalue weighted by atomic mass is 16.6.